The highest BCUT2D eigenvalue weighted by Gasteiger charge is 2.16. The third-order valence-electron chi connectivity index (χ3n) is 2.97. The Hall–Kier alpha value is -1.88. The second-order valence-corrected chi connectivity index (χ2v) is 5.04. The van der Waals surface area contributed by atoms with Crippen LogP contribution in [0.1, 0.15) is 25.3 Å². The van der Waals surface area contributed by atoms with E-state index in [0.29, 0.717) is 6.42 Å². The summed E-state index contributed by atoms with van der Waals surface area (Å²) in [4.78, 5) is 22.3. The largest absolute Gasteiger partial charge is 0.481 e. The lowest BCUT2D eigenvalue weighted by molar-refractivity contribution is -0.138. The van der Waals surface area contributed by atoms with E-state index in [1.54, 1.807) is 6.92 Å². The van der Waals surface area contributed by atoms with Crippen LogP contribution in [0.15, 0.2) is 30.3 Å². The Balaban J connectivity index is 2.43. The van der Waals surface area contributed by atoms with Gasteiger partial charge in [0.2, 0.25) is 5.91 Å². The molecule has 1 amide bonds. The first-order valence-corrected chi connectivity index (χ1v) is 6.67. The van der Waals surface area contributed by atoms with Crippen molar-refractivity contribution in [3.05, 3.63) is 35.9 Å². The molecule has 20 heavy (non-hydrogen) atoms. The predicted molar refractivity (Wildman–Crippen MR) is 75.2 cm³/mol. The summed E-state index contributed by atoms with van der Waals surface area (Å²) in [5, 5.41) is 20.7. The number of hydrogen-bond donors (Lipinski definition) is 3. The molecule has 0 saturated heterocycles. The van der Waals surface area contributed by atoms with Crippen LogP contribution in [0.5, 0.6) is 0 Å². The Labute approximate surface area is 118 Å². The second kappa shape index (κ2) is 8.32. The standard InChI is InChI=1S/C15H21NO4/c1-11(8-15(19)20)7-14(18)16-13(10-17)9-12-5-3-2-4-6-12/h2-6,11,13,17H,7-10H2,1H3,(H,16,18)(H,19,20)/t11?,13-/m1/s1. The number of carbonyl (C=O) groups excluding carboxylic acids is 1. The molecule has 0 radical (unpaired) electrons. The summed E-state index contributed by atoms with van der Waals surface area (Å²) in [7, 11) is 0. The molecule has 5 heteroatoms. The highest BCUT2D eigenvalue weighted by Crippen LogP contribution is 2.08. The maximum Gasteiger partial charge on any atom is 0.303 e. The van der Waals surface area contributed by atoms with E-state index < -0.39 is 5.97 Å². The van der Waals surface area contributed by atoms with Gasteiger partial charge in [0, 0.05) is 12.8 Å². The van der Waals surface area contributed by atoms with E-state index in [9.17, 15) is 14.7 Å². The third kappa shape index (κ3) is 6.33. The third-order valence-corrected chi connectivity index (χ3v) is 2.97. The predicted octanol–water partition coefficient (Wildman–Crippen LogP) is 1.21. The van der Waals surface area contributed by atoms with Crippen molar-refractivity contribution >= 4 is 11.9 Å². The van der Waals surface area contributed by atoms with Crippen LogP contribution >= 0.6 is 0 Å². The maximum absolute atomic E-state index is 11.8. The van der Waals surface area contributed by atoms with Gasteiger partial charge in [-0.2, -0.15) is 0 Å². The fourth-order valence-corrected chi connectivity index (χ4v) is 2.03. The van der Waals surface area contributed by atoms with Gasteiger partial charge in [-0.25, -0.2) is 0 Å². The molecule has 1 aromatic carbocycles. The number of aliphatic carboxylic acids is 1. The van der Waals surface area contributed by atoms with E-state index in [1.165, 1.54) is 0 Å². The van der Waals surface area contributed by atoms with Gasteiger partial charge < -0.3 is 15.5 Å². The molecule has 0 fully saturated rings. The molecule has 0 spiro atoms. The van der Waals surface area contributed by atoms with Crippen LogP contribution in [0, 0.1) is 5.92 Å². The normalized spacial score (nSPS) is 13.5. The van der Waals surface area contributed by atoms with Gasteiger partial charge in [-0.3, -0.25) is 9.59 Å². The van der Waals surface area contributed by atoms with Crippen molar-refractivity contribution in [2.24, 2.45) is 5.92 Å². The number of nitrogens with one attached hydrogen (secondary N) is 1. The lowest BCUT2D eigenvalue weighted by Crippen LogP contribution is -2.39. The number of aliphatic hydroxyl groups is 1. The van der Waals surface area contributed by atoms with Crippen molar-refractivity contribution in [3.63, 3.8) is 0 Å². The SMILES string of the molecule is CC(CC(=O)O)CC(=O)N[C@@H](CO)Cc1ccccc1. The number of carboxylic acid groups (broad SMARTS) is 1. The molecule has 5 nitrogen and oxygen atoms in total. The van der Waals surface area contributed by atoms with Gasteiger partial charge in [-0.05, 0) is 17.9 Å². The Morgan fingerprint density at radius 1 is 1.20 bits per heavy atom. The summed E-state index contributed by atoms with van der Waals surface area (Å²) >= 11 is 0. The highest BCUT2D eigenvalue weighted by atomic mass is 16.4. The summed E-state index contributed by atoms with van der Waals surface area (Å²) in [6.45, 7) is 1.58. The quantitative estimate of drug-likeness (QED) is 0.667. The second-order valence-electron chi connectivity index (χ2n) is 5.04. The van der Waals surface area contributed by atoms with Crippen molar-refractivity contribution in [1.82, 2.24) is 5.32 Å². The Morgan fingerprint density at radius 2 is 1.85 bits per heavy atom. The van der Waals surface area contributed by atoms with Crippen molar-refractivity contribution < 1.29 is 19.8 Å². The highest BCUT2D eigenvalue weighted by molar-refractivity contribution is 5.77. The van der Waals surface area contributed by atoms with Crippen LogP contribution < -0.4 is 5.32 Å². The number of carboxylic acids is 1. The van der Waals surface area contributed by atoms with Crippen molar-refractivity contribution in [2.75, 3.05) is 6.61 Å². The van der Waals surface area contributed by atoms with Crippen LogP contribution in [0.3, 0.4) is 0 Å². The molecule has 2 atom stereocenters. The zero-order chi connectivity index (χ0) is 15.0. The van der Waals surface area contributed by atoms with E-state index in [1.807, 2.05) is 30.3 Å². The lowest BCUT2D eigenvalue weighted by atomic mass is 10.0. The van der Waals surface area contributed by atoms with Gasteiger partial charge in [0.25, 0.3) is 0 Å². The first kappa shape index (κ1) is 16.2. The van der Waals surface area contributed by atoms with Crippen LogP contribution in [-0.4, -0.2) is 34.7 Å². The summed E-state index contributed by atoms with van der Waals surface area (Å²) in [5.74, 6) is -1.36. The fraction of sp³-hybridized carbons (Fsp3) is 0.467. The number of aliphatic hydroxyl groups excluding tert-OH is 1. The summed E-state index contributed by atoms with van der Waals surface area (Å²) < 4.78 is 0. The van der Waals surface area contributed by atoms with Crippen molar-refractivity contribution in [1.29, 1.82) is 0 Å². The molecular weight excluding hydrogens is 258 g/mol. The number of benzene rings is 1. The average Bonchev–Trinajstić information content (AvgIpc) is 2.37. The minimum atomic E-state index is -0.909. The Morgan fingerprint density at radius 3 is 2.40 bits per heavy atom. The van der Waals surface area contributed by atoms with E-state index in [4.69, 9.17) is 5.11 Å². The molecule has 1 aromatic rings. The molecule has 1 rings (SSSR count). The molecule has 0 aromatic heterocycles. The van der Waals surface area contributed by atoms with Gasteiger partial charge in [0.15, 0.2) is 0 Å². The molecule has 0 aliphatic carbocycles. The lowest BCUT2D eigenvalue weighted by Gasteiger charge is -2.17. The number of hydrogen-bond acceptors (Lipinski definition) is 3. The fourth-order valence-electron chi connectivity index (χ4n) is 2.03. The molecule has 1 unspecified atom stereocenters. The van der Waals surface area contributed by atoms with E-state index in [2.05, 4.69) is 5.32 Å². The summed E-state index contributed by atoms with van der Waals surface area (Å²) in [5.41, 5.74) is 1.03. The molecule has 0 saturated carbocycles. The number of amides is 1. The smallest absolute Gasteiger partial charge is 0.303 e. The van der Waals surface area contributed by atoms with Gasteiger partial charge in [0.05, 0.1) is 12.6 Å². The Kier molecular flexibility index (Phi) is 6.73. The zero-order valence-electron chi connectivity index (χ0n) is 11.6. The first-order chi connectivity index (χ1) is 9.51. The molecular formula is C15H21NO4. The van der Waals surface area contributed by atoms with Gasteiger partial charge in [-0.15, -0.1) is 0 Å². The topological polar surface area (TPSA) is 86.6 Å². The van der Waals surface area contributed by atoms with E-state index in [0.717, 1.165) is 5.56 Å². The van der Waals surface area contributed by atoms with Crippen LogP contribution in [0.2, 0.25) is 0 Å². The summed E-state index contributed by atoms with van der Waals surface area (Å²) in [6, 6.07) is 9.23. The molecule has 0 bridgehead atoms. The molecule has 0 aliphatic heterocycles. The van der Waals surface area contributed by atoms with Gasteiger partial charge in [0.1, 0.15) is 0 Å². The molecule has 0 aliphatic rings. The number of rotatable bonds is 8. The van der Waals surface area contributed by atoms with Crippen LogP contribution in [0.25, 0.3) is 0 Å². The minimum absolute atomic E-state index is 0.0318. The van der Waals surface area contributed by atoms with E-state index >= 15 is 0 Å². The monoisotopic (exact) mass is 279 g/mol. The summed E-state index contributed by atoms with van der Waals surface area (Å²) in [6.07, 6.45) is 0.671. The number of carbonyl (C=O) groups is 2. The molecule has 3 N–H and O–H groups in total. The van der Waals surface area contributed by atoms with Gasteiger partial charge >= 0.3 is 5.97 Å². The Bertz CT molecular complexity index is 433. The average molecular weight is 279 g/mol. The van der Waals surface area contributed by atoms with Crippen molar-refractivity contribution in [3.8, 4) is 0 Å². The first-order valence-electron chi connectivity index (χ1n) is 6.67. The molecule has 110 valence electrons. The zero-order valence-corrected chi connectivity index (χ0v) is 11.6. The van der Waals surface area contributed by atoms with Crippen LogP contribution in [0.4, 0.5) is 0 Å². The van der Waals surface area contributed by atoms with Gasteiger partial charge in [-0.1, -0.05) is 37.3 Å². The minimum Gasteiger partial charge on any atom is -0.481 e. The van der Waals surface area contributed by atoms with Crippen molar-refractivity contribution in [2.45, 2.75) is 32.2 Å². The molecule has 0 heterocycles. The van der Waals surface area contributed by atoms with Crippen LogP contribution in [-0.2, 0) is 16.0 Å². The van der Waals surface area contributed by atoms with E-state index in [-0.39, 0.29) is 37.3 Å². The maximum atomic E-state index is 11.8.